The van der Waals surface area contributed by atoms with Crippen LogP contribution in [0.15, 0.2) is 48.8 Å². The molecule has 142 valence electrons. The highest BCUT2D eigenvalue weighted by atomic mass is 35.5. The maximum atomic E-state index is 13.4. The Morgan fingerprint density at radius 3 is 2.79 bits per heavy atom. The average Bonchev–Trinajstić information content (AvgIpc) is 3.37. The van der Waals surface area contributed by atoms with E-state index in [9.17, 15) is 4.79 Å². The number of hydrogen-bond donors (Lipinski definition) is 0. The van der Waals surface area contributed by atoms with Crippen molar-refractivity contribution in [3.05, 3.63) is 70.8 Å². The van der Waals surface area contributed by atoms with Crippen LogP contribution in [0.25, 0.3) is 10.2 Å². The molecular formula is C20H18ClN5OS. The molecule has 0 unspecified atom stereocenters. The Bertz CT molecular complexity index is 1100. The van der Waals surface area contributed by atoms with Crippen LogP contribution in [0.4, 0.5) is 5.13 Å². The second-order valence-electron chi connectivity index (χ2n) is 6.28. The summed E-state index contributed by atoms with van der Waals surface area (Å²) >= 11 is 7.78. The van der Waals surface area contributed by atoms with Crippen molar-refractivity contribution >= 4 is 44.2 Å². The number of halogens is 1. The third-order valence-electron chi connectivity index (χ3n) is 4.44. The van der Waals surface area contributed by atoms with Gasteiger partial charge in [-0.1, -0.05) is 35.1 Å². The average molecular weight is 412 g/mol. The highest BCUT2D eigenvalue weighted by Gasteiger charge is 2.25. The Kier molecular flexibility index (Phi) is 5.11. The van der Waals surface area contributed by atoms with Crippen LogP contribution in [0.5, 0.6) is 0 Å². The number of anilines is 1. The monoisotopic (exact) mass is 411 g/mol. The van der Waals surface area contributed by atoms with Crippen LogP contribution >= 0.6 is 22.9 Å². The summed E-state index contributed by atoms with van der Waals surface area (Å²) in [6, 6.07) is 11.2. The van der Waals surface area contributed by atoms with E-state index in [4.69, 9.17) is 16.6 Å². The van der Waals surface area contributed by atoms with Crippen LogP contribution in [0.3, 0.4) is 0 Å². The lowest BCUT2D eigenvalue weighted by molar-refractivity contribution is 0.0974. The minimum atomic E-state index is -0.169. The third-order valence-corrected chi connectivity index (χ3v) is 5.98. The van der Waals surface area contributed by atoms with E-state index >= 15 is 0 Å². The molecule has 1 aromatic carbocycles. The van der Waals surface area contributed by atoms with Crippen LogP contribution in [-0.4, -0.2) is 25.7 Å². The van der Waals surface area contributed by atoms with E-state index in [1.165, 1.54) is 11.3 Å². The molecule has 3 heterocycles. The van der Waals surface area contributed by atoms with Crippen LogP contribution in [-0.2, 0) is 13.1 Å². The van der Waals surface area contributed by atoms with Crippen molar-refractivity contribution in [3.8, 4) is 0 Å². The van der Waals surface area contributed by atoms with Gasteiger partial charge in [0.1, 0.15) is 5.69 Å². The fraction of sp³-hybridized carbons (Fsp3) is 0.200. The van der Waals surface area contributed by atoms with Crippen molar-refractivity contribution in [3.63, 3.8) is 0 Å². The van der Waals surface area contributed by atoms with Gasteiger partial charge in [0.2, 0.25) is 0 Å². The quantitative estimate of drug-likeness (QED) is 0.476. The second kappa shape index (κ2) is 7.69. The highest BCUT2D eigenvalue weighted by molar-refractivity contribution is 7.23. The molecule has 0 aliphatic rings. The van der Waals surface area contributed by atoms with Gasteiger partial charge in [-0.05, 0) is 43.7 Å². The molecule has 3 aromatic heterocycles. The Morgan fingerprint density at radius 1 is 1.21 bits per heavy atom. The van der Waals surface area contributed by atoms with Gasteiger partial charge in [0.05, 0.1) is 27.5 Å². The molecule has 0 atom stereocenters. The summed E-state index contributed by atoms with van der Waals surface area (Å²) in [6.45, 7) is 4.86. The standard InChI is InChI=1S/C20H18ClN5OS/c1-3-26-16(9-11-23-26)19(27)25(12-14-6-4-5-10-22-14)20-24-17-13(2)7-8-15(21)18(17)28-20/h4-11H,3,12H2,1-2H3. The van der Waals surface area contributed by atoms with Crippen molar-refractivity contribution < 1.29 is 4.79 Å². The number of fused-ring (bicyclic) bond motifs is 1. The molecule has 0 N–H and O–H groups in total. The maximum absolute atomic E-state index is 13.4. The van der Waals surface area contributed by atoms with Crippen molar-refractivity contribution in [2.24, 2.45) is 0 Å². The number of carbonyl (C=O) groups is 1. The lowest BCUT2D eigenvalue weighted by Gasteiger charge is -2.19. The number of benzene rings is 1. The van der Waals surface area contributed by atoms with Gasteiger partial charge in [-0.2, -0.15) is 5.10 Å². The molecule has 0 aliphatic carbocycles. The molecular weight excluding hydrogens is 394 g/mol. The normalized spacial score (nSPS) is 11.1. The minimum Gasteiger partial charge on any atom is -0.277 e. The molecule has 4 rings (SSSR count). The molecule has 0 saturated carbocycles. The molecule has 28 heavy (non-hydrogen) atoms. The number of nitrogens with zero attached hydrogens (tertiary/aromatic N) is 5. The van der Waals surface area contributed by atoms with Gasteiger partial charge in [0.15, 0.2) is 5.13 Å². The summed E-state index contributed by atoms with van der Waals surface area (Å²) < 4.78 is 2.55. The van der Waals surface area contributed by atoms with Crippen molar-refractivity contribution in [1.82, 2.24) is 19.7 Å². The Balaban J connectivity index is 1.82. The largest absolute Gasteiger partial charge is 0.278 e. The lowest BCUT2D eigenvalue weighted by atomic mass is 10.2. The zero-order valence-electron chi connectivity index (χ0n) is 15.5. The van der Waals surface area contributed by atoms with Crippen LogP contribution in [0.1, 0.15) is 28.7 Å². The van der Waals surface area contributed by atoms with Gasteiger partial charge in [-0.25, -0.2) is 4.98 Å². The Morgan fingerprint density at radius 2 is 2.07 bits per heavy atom. The Hall–Kier alpha value is -2.77. The number of aryl methyl sites for hydroxylation is 2. The van der Waals surface area contributed by atoms with Gasteiger partial charge in [-0.3, -0.25) is 19.4 Å². The fourth-order valence-corrected chi connectivity index (χ4v) is 4.31. The molecule has 0 fully saturated rings. The molecule has 8 heteroatoms. The molecule has 0 saturated heterocycles. The first-order chi connectivity index (χ1) is 13.6. The summed E-state index contributed by atoms with van der Waals surface area (Å²) in [5, 5.41) is 5.45. The van der Waals surface area contributed by atoms with Gasteiger partial charge < -0.3 is 0 Å². The van der Waals surface area contributed by atoms with E-state index in [0.717, 1.165) is 21.5 Å². The number of amides is 1. The zero-order chi connectivity index (χ0) is 19.7. The van der Waals surface area contributed by atoms with E-state index in [-0.39, 0.29) is 5.91 Å². The molecule has 0 radical (unpaired) electrons. The topological polar surface area (TPSA) is 63.9 Å². The van der Waals surface area contributed by atoms with E-state index in [2.05, 4.69) is 10.1 Å². The minimum absolute atomic E-state index is 0.169. The second-order valence-corrected chi connectivity index (χ2v) is 7.67. The zero-order valence-corrected chi connectivity index (χ0v) is 17.0. The number of thiazole rings is 1. The maximum Gasteiger partial charge on any atom is 0.278 e. The molecule has 6 nitrogen and oxygen atoms in total. The molecule has 0 bridgehead atoms. The lowest BCUT2D eigenvalue weighted by Crippen LogP contribution is -2.32. The number of rotatable bonds is 5. The SMILES string of the molecule is CCn1nccc1C(=O)N(Cc1ccccn1)c1nc2c(C)ccc(Cl)c2s1. The fourth-order valence-electron chi connectivity index (χ4n) is 2.99. The van der Waals surface area contributed by atoms with E-state index < -0.39 is 0 Å². The van der Waals surface area contributed by atoms with Crippen molar-refractivity contribution in [1.29, 1.82) is 0 Å². The predicted octanol–water partition coefficient (Wildman–Crippen LogP) is 4.72. The van der Waals surface area contributed by atoms with Crippen LogP contribution in [0.2, 0.25) is 5.02 Å². The number of pyridine rings is 1. The highest BCUT2D eigenvalue weighted by Crippen LogP contribution is 2.36. The van der Waals surface area contributed by atoms with Gasteiger partial charge >= 0.3 is 0 Å². The predicted molar refractivity (Wildman–Crippen MR) is 112 cm³/mol. The summed E-state index contributed by atoms with van der Waals surface area (Å²) in [7, 11) is 0. The van der Waals surface area contributed by atoms with Crippen molar-refractivity contribution in [2.75, 3.05) is 4.90 Å². The van der Waals surface area contributed by atoms with Gasteiger partial charge in [-0.15, -0.1) is 0 Å². The summed E-state index contributed by atoms with van der Waals surface area (Å²) in [4.78, 5) is 24.2. The number of aromatic nitrogens is 4. The van der Waals surface area contributed by atoms with Crippen LogP contribution < -0.4 is 4.90 Å². The van der Waals surface area contributed by atoms with E-state index in [0.29, 0.717) is 28.9 Å². The molecule has 4 aromatic rings. The first-order valence-electron chi connectivity index (χ1n) is 8.87. The molecule has 0 aliphatic heterocycles. The van der Waals surface area contributed by atoms with Crippen molar-refractivity contribution in [2.45, 2.75) is 26.9 Å². The molecule has 1 amide bonds. The Labute approximate surface area is 171 Å². The van der Waals surface area contributed by atoms with Gasteiger partial charge in [0.25, 0.3) is 5.91 Å². The van der Waals surface area contributed by atoms with E-state index in [1.54, 1.807) is 28.0 Å². The third kappa shape index (κ3) is 3.39. The van der Waals surface area contributed by atoms with E-state index in [1.807, 2.05) is 44.2 Å². The summed E-state index contributed by atoms with van der Waals surface area (Å²) in [5.74, 6) is -0.169. The van der Waals surface area contributed by atoms with Gasteiger partial charge in [0, 0.05) is 18.9 Å². The van der Waals surface area contributed by atoms with Crippen LogP contribution in [0, 0.1) is 6.92 Å². The smallest absolute Gasteiger partial charge is 0.277 e. The first kappa shape index (κ1) is 18.6. The number of hydrogen-bond acceptors (Lipinski definition) is 5. The molecule has 0 spiro atoms. The summed E-state index contributed by atoms with van der Waals surface area (Å²) in [5.41, 5.74) is 3.13. The number of carbonyl (C=O) groups excluding carboxylic acids is 1. The summed E-state index contributed by atoms with van der Waals surface area (Å²) in [6.07, 6.45) is 3.35. The first-order valence-corrected chi connectivity index (χ1v) is 10.1.